The first-order chi connectivity index (χ1) is 16.5. The summed E-state index contributed by atoms with van der Waals surface area (Å²) in [5.41, 5.74) is 4.84. The van der Waals surface area contributed by atoms with Gasteiger partial charge in [-0.1, -0.05) is 69.0 Å². The van der Waals surface area contributed by atoms with Gasteiger partial charge in [0.15, 0.2) is 0 Å². The summed E-state index contributed by atoms with van der Waals surface area (Å²) in [6.07, 6.45) is 9.44. The fraction of sp³-hybridized carbons (Fsp3) is 0.586. The molecule has 4 atom stereocenters. The molecule has 2 fully saturated rings. The molecule has 184 valence electrons. The lowest BCUT2D eigenvalue weighted by Gasteiger charge is -2.32. The number of benzene rings is 1. The Morgan fingerprint density at radius 1 is 1.06 bits per heavy atom. The van der Waals surface area contributed by atoms with Crippen molar-refractivity contribution in [3.63, 3.8) is 0 Å². The molecule has 1 aromatic rings. The molecule has 0 radical (unpaired) electrons. The Labute approximate surface area is 203 Å². The van der Waals surface area contributed by atoms with Gasteiger partial charge in [-0.2, -0.15) is 0 Å². The molecular formula is C29H39NO4. The van der Waals surface area contributed by atoms with Crippen LogP contribution in [0.1, 0.15) is 77.7 Å². The number of allylic oxidation sites excluding steroid dienone is 2. The van der Waals surface area contributed by atoms with Crippen molar-refractivity contribution in [3.8, 4) is 5.75 Å². The molecular weight excluding hydrogens is 426 g/mol. The van der Waals surface area contributed by atoms with E-state index in [-0.39, 0.29) is 35.7 Å². The number of imide groups is 1. The predicted molar refractivity (Wildman–Crippen MR) is 134 cm³/mol. The van der Waals surface area contributed by atoms with Gasteiger partial charge in [0, 0.05) is 18.0 Å². The van der Waals surface area contributed by atoms with E-state index in [4.69, 9.17) is 4.74 Å². The number of ether oxygens (including phenoxy) is 1. The molecule has 2 heterocycles. The van der Waals surface area contributed by atoms with Crippen molar-refractivity contribution < 1.29 is 19.4 Å². The first-order valence-electron chi connectivity index (χ1n) is 13.2. The van der Waals surface area contributed by atoms with Crippen molar-refractivity contribution >= 4 is 17.9 Å². The summed E-state index contributed by atoms with van der Waals surface area (Å²) >= 11 is 0. The quantitative estimate of drug-likeness (QED) is 0.346. The number of carbonyl (C=O) groups excluding carboxylic acids is 2. The molecule has 0 spiro atoms. The maximum Gasteiger partial charge on any atom is 0.233 e. The second-order valence-electron chi connectivity index (χ2n) is 10.1. The standard InChI is InChI=1S/C29H39NO4/c1-4-9-19(16-20-11-7-8-12-24(20)31)13-14-25-26-21(10-5-2)17-22-27(23(26)18-34-25)29(33)30(15-6-3)28(22)32/h7-8,11-12,16,22-23,25,27,31H,4-6,9-10,13-15,17-18H2,1-3H3/b19-16+/t22-,23+,25-,27-/m1/s1. The Hall–Kier alpha value is -2.40. The van der Waals surface area contributed by atoms with Gasteiger partial charge in [0.2, 0.25) is 11.8 Å². The number of hydrogen-bond acceptors (Lipinski definition) is 4. The van der Waals surface area contributed by atoms with Gasteiger partial charge in [0.05, 0.1) is 24.5 Å². The van der Waals surface area contributed by atoms with E-state index < -0.39 is 0 Å². The summed E-state index contributed by atoms with van der Waals surface area (Å²) in [5, 5.41) is 10.2. The van der Waals surface area contributed by atoms with Crippen LogP contribution in [0.25, 0.3) is 6.08 Å². The van der Waals surface area contributed by atoms with Crippen molar-refractivity contribution in [1.29, 1.82) is 0 Å². The molecule has 0 aromatic heterocycles. The van der Waals surface area contributed by atoms with Crippen molar-refractivity contribution in [1.82, 2.24) is 4.90 Å². The first-order valence-corrected chi connectivity index (χ1v) is 13.2. The molecule has 1 aromatic carbocycles. The second kappa shape index (κ2) is 10.9. The number of phenols is 1. The lowest BCUT2D eigenvalue weighted by molar-refractivity contribution is -0.140. The van der Waals surface area contributed by atoms with Crippen LogP contribution in [0.4, 0.5) is 0 Å². The summed E-state index contributed by atoms with van der Waals surface area (Å²) < 4.78 is 6.35. The van der Waals surface area contributed by atoms with Gasteiger partial charge in [-0.25, -0.2) is 0 Å². The van der Waals surface area contributed by atoms with Gasteiger partial charge in [-0.05, 0) is 50.2 Å². The average molecular weight is 466 g/mol. The molecule has 2 amide bonds. The zero-order valence-electron chi connectivity index (χ0n) is 20.9. The highest BCUT2D eigenvalue weighted by atomic mass is 16.5. The molecule has 5 nitrogen and oxygen atoms in total. The molecule has 0 saturated carbocycles. The smallest absolute Gasteiger partial charge is 0.233 e. The van der Waals surface area contributed by atoms with Crippen LogP contribution in [-0.4, -0.2) is 41.1 Å². The van der Waals surface area contributed by atoms with Gasteiger partial charge >= 0.3 is 0 Å². The Balaban J connectivity index is 1.56. The van der Waals surface area contributed by atoms with Crippen LogP contribution >= 0.6 is 0 Å². The fourth-order valence-electron chi connectivity index (χ4n) is 6.26. The SMILES string of the molecule is CCCC1=C2[C@@H](CC/C(=C/c3ccccc3O)CCC)OC[C@@H]2[C@@H]2C(=O)N(CCC)C(=O)[C@@H]2C1. The van der Waals surface area contributed by atoms with Crippen LogP contribution in [0, 0.1) is 17.8 Å². The van der Waals surface area contributed by atoms with E-state index >= 15 is 0 Å². The molecule has 4 rings (SSSR count). The van der Waals surface area contributed by atoms with E-state index in [1.165, 1.54) is 21.6 Å². The summed E-state index contributed by atoms with van der Waals surface area (Å²) in [7, 11) is 0. The minimum atomic E-state index is -0.244. The van der Waals surface area contributed by atoms with Gasteiger partial charge < -0.3 is 9.84 Å². The minimum absolute atomic E-state index is 0.0141. The number of fused-ring (bicyclic) bond motifs is 3. The monoisotopic (exact) mass is 465 g/mol. The zero-order valence-corrected chi connectivity index (χ0v) is 20.9. The molecule has 0 unspecified atom stereocenters. The molecule has 34 heavy (non-hydrogen) atoms. The summed E-state index contributed by atoms with van der Waals surface area (Å²) in [6.45, 7) is 7.44. The van der Waals surface area contributed by atoms with Gasteiger partial charge in [0.25, 0.3) is 0 Å². The topological polar surface area (TPSA) is 66.8 Å². The number of aromatic hydroxyl groups is 1. The van der Waals surface area contributed by atoms with Crippen molar-refractivity contribution in [2.24, 2.45) is 17.8 Å². The van der Waals surface area contributed by atoms with Crippen LogP contribution in [0.3, 0.4) is 0 Å². The lowest BCUT2D eigenvalue weighted by atomic mass is 9.68. The third-order valence-corrected chi connectivity index (χ3v) is 7.69. The predicted octanol–water partition coefficient (Wildman–Crippen LogP) is 5.88. The average Bonchev–Trinajstić information content (AvgIpc) is 3.35. The van der Waals surface area contributed by atoms with Gasteiger partial charge in [-0.15, -0.1) is 0 Å². The Bertz CT molecular complexity index is 978. The van der Waals surface area contributed by atoms with Crippen LogP contribution in [-0.2, 0) is 14.3 Å². The largest absolute Gasteiger partial charge is 0.507 e. The Kier molecular flexibility index (Phi) is 7.92. The zero-order chi connectivity index (χ0) is 24.2. The number of rotatable bonds is 10. The van der Waals surface area contributed by atoms with Crippen LogP contribution in [0.15, 0.2) is 41.0 Å². The van der Waals surface area contributed by atoms with Crippen LogP contribution in [0.5, 0.6) is 5.75 Å². The van der Waals surface area contributed by atoms with Crippen molar-refractivity contribution in [2.75, 3.05) is 13.2 Å². The number of amides is 2. The Morgan fingerprint density at radius 2 is 1.85 bits per heavy atom. The highest BCUT2D eigenvalue weighted by molar-refractivity contribution is 6.05. The summed E-state index contributed by atoms with van der Waals surface area (Å²) in [4.78, 5) is 27.8. The van der Waals surface area contributed by atoms with E-state index in [0.29, 0.717) is 25.3 Å². The first kappa shape index (κ1) is 24.7. The van der Waals surface area contributed by atoms with E-state index in [9.17, 15) is 14.7 Å². The van der Waals surface area contributed by atoms with E-state index in [0.717, 1.165) is 50.5 Å². The number of phenolic OH excluding ortho intramolecular Hbond substituents is 1. The molecule has 5 heteroatoms. The maximum absolute atomic E-state index is 13.2. The van der Waals surface area contributed by atoms with Crippen LogP contribution < -0.4 is 0 Å². The third-order valence-electron chi connectivity index (χ3n) is 7.69. The molecule has 1 N–H and O–H groups in total. The number of hydrogen-bond donors (Lipinski definition) is 1. The maximum atomic E-state index is 13.2. The fourth-order valence-corrected chi connectivity index (χ4v) is 6.26. The van der Waals surface area contributed by atoms with E-state index in [2.05, 4.69) is 19.9 Å². The number of carbonyl (C=O) groups is 2. The van der Waals surface area contributed by atoms with Gasteiger partial charge in [-0.3, -0.25) is 14.5 Å². The minimum Gasteiger partial charge on any atom is -0.507 e. The highest BCUT2D eigenvalue weighted by Crippen LogP contribution is 2.50. The normalized spacial score (nSPS) is 26.9. The molecule has 0 bridgehead atoms. The van der Waals surface area contributed by atoms with Crippen molar-refractivity contribution in [2.45, 2.75) is 78.2 Å². The van der Waals surface area contributed by atoms with Crippen molar-refractivity contribution in [3.05, 3.63) is 46.5 Å². The Morgan fingerprint density at radius 3 is 2.56 bits per heavy atom. The van der Waals surface area contributed by atoms with Crippen LogP contribution in [0.2, 0.25) is 0 Å². The number of para-hydroxylation sites is 1. The summed E-state index contributed by atoms with van der Waals surface area (Å²) in [5.74, 6) is -0.0464. The molecule has 2 aliphatic heterocycles. The third kappa shape index (κ3) is 4.72. The highest BCUT2D eigenvalue weighted by Gasteiger charge is 2.56. The second-order valence-corrected chi connectivity index (χ2v) is 10.1. The molecule has 3 aliphatic rings. The molecule has 1 aliphatic carbocycles. The van der Waals surface area contributed by atoms with E-state index in [1.54, 1.807) is 6.07 Å². The number of likely N-dealkylation sites (tertiary alicyclic amines) is 1. The lowest BCUT2D eigenvalue weighted by Crippen LogP contribution is -2.34. The summed E-state index contributed by atoms with van der Waals surface area (Å²) in [6, 6.07) is 7.46. The number of nitrogens with zero attached hydrogens (tertiary/aromatic N) is 1. The van der Waals surface area contributed by atoms with E-state index in [1.807, 2.05) is 25.1 Å². The van der Waals surface area contributed by atoms with Gasteiger partial charge in [0.1, 0.15) is 5.75 Å². The molecule has 2 saturated heterocycles.